The molecule has 0 bridgehead atoms. The third kappa shape index (κ3) is 6.42. The lowest BCUT2D eigenvalue weighted by Gasteiger charge is -2.21. The van der Waals surface area contributed by atoms with Crippen molar-refractivity contribution in [1.82, 2.24) is 5.32 Å². The lowest BCUT2D eigenvalue weighted by atomic mass is 9.89. The smallest absolute Gasteiger partial charge is 0.251 e. The summed E-state index contributed by atoms with van der Waals surface area (Å²) >= 11 is 5.83. The molecule has 1 aromatic rings. The van der Waals surface area contributed by atoms with Crippen LogP contribution in [0.25, 0.3) is 0 Å². The van der Waals surface area contributed by atoms with Crippen LogP contribution in [0.3, 0.4) is 0 Å². The van der Waals surface area contributed by atoms with Gasteiger partial charge in [0.2, 0.25) is 0 Å². The minimum Gasteiger partial charge on any atom is -0.352 e. The maximum atomic E-state index is 12.1. The predicted octanol–water partition coefficient (Wildman–Crippen LogP) is 4.78. The van der Waals surface area contributed by atoms with Gasteiger partial charge in [-0.05, 0) is 54.9 Å². The summed E-state index contributed by atoms with van der Waals surface area (Å²) in [5, 5.41) is 3.70. The van der Waals surface area contributed by atoms with E-state index < -0.39 is 0 Å². The lowest BCUT2D eigenvalue weighted by molar-refractivity contribution is 0.0943. The Kier molecular flexibility index (Phi) is 7.08. The molecule has 0 atom stereocenters. The highest BCUT2D eigenvalue weighted by atomic mass is 35.5. The number of carbonyl (C=O) groups excluding carboxylic acids is 1. The van der Waals surface area contributed by atoms with Crippen molar-refractivity contribution in [2.45, 2.75) is 40.5 Å². The number of carbonyl (C=O) groups is 1. The molecule has 0 spiro atoms. The first kappa shape index (κ1) is 17.0. The van der Waals surface area contributed by atoms with E-state index in [2.05, 4.69) is 33.0 Å². The van der Waals surface area contributed by atoms with Crippen LogP contribution < -0.4 is 5.32 Å². The van der Waals surface area contributed by atoms with Crippen LogP contribution in [0, 0.1) is 17.8 Å². The fourth-order valence-corrected chi connectivity index (χ4v) is 2.66. The van der Waals surface area contributed by atoms with Gasteiger partial charge in [0.25, 0.3) is 5.91 Å². The zero-order valence-corrected chi connectivity index (χ0v) is 13.7. The monoisotopic (exact) mass is 295 g/mol. The molecular formula is C17H26ClNO. The standard InChI is InChI=1S/C17H26ClNO/c1-12(2)9-14(10-13(3)4)11-19-17(20)15-5-7-16(18)8-6-15/h5-8,12-14H,9-11H2,1-4H3,(H,19,20). The first-order chi connectivity index (χ1) is 9.38. The SMILES string of the molecule is CC(C)CC(CNC(=O)c1ccc(Cl)cc1)CC(C)C. The van der Waals surface area contributed by atoms with Crippen LogP contribution in [0.2, 0.25) is 5.02 Å². The Morgan fingerprint density at radius 2 is 1.55 bits per heavy atom. The van der Waals surface area contributed by atoms with Gasteiger partial charge in [0.15, 0.2) is 0 Å². The summed E-state index contributed by atoms with van der Waals surface area (Å²) in [4.78, 5) is 12.1. The minimum atomic E-state index is -0.0146. The van der Waals surface area contributed by atoms with Crippen LogP contribution in [0.1, 0.15) is 50.9 Å². The van der Waals surface area contributed by atoms with Crippen molar-refractivity contribution in [2.24, 2.45) is 17.8 Å². The van der Waals surface area contributed by atoms with Crippen molar-refractivity contribution in [1.29, 1.82) is 0 Å². The van der Waals surface area contributed by atoms with Crippen LogP contribution in [-0.2, 0) is 0 Å². The van der Waals surface area contributed by atoms with E-state index >= 15 is 0 Å². The summed E-state index contributed by atoms with van der Waals surface area (Å²) in [5.74, 6) is 1.85. The van der Waals surface area contributed by atoms with E-state index in [0.29, 0.717) is 28.3 Å². The summed E-state index contributed by atoms with van der Waals surface area (Å²) in [7, 11) is 0. The van der Waals surface area contributed by atoms with Crippen LogP contribution in [0.4, 0.5) is 0 Å². The first-order valence-electron chi connectivity index (χ1n) is 7.42. The highest BCUT2D eigenvalue weighted by Gasteiger charge is 2.14. The highest BCUT2D eigenvalue weighted by Crippen LogP contribution is 2.19. The van der Waals surface area contributed by atoms with Gasteiger partial charge in [-0.1, -0.05) is 39.3 Å². The second-order valence-corrected chi connectivity index (χ2v) is 6.78. The van der Waals surface area contributed by atoms with Crippen molar-refractivity contribution in [2.75, 3.05) is 6.54 Å². The molecule has 1 N–H and O–H groups in total. The molecule has 0 fully saturated rings. The minimum absolute atomic E-state index is 0.0146. The molecule has 0 unspecified atom stereocenters. The average Bonchev–Trinajstić information content (AvgIpc) is 2.35. The van der Waals surface area contributed by atoms with E-state index in [4.69, 9.17) is 11.6 Å². The Balaban J connectivity index is 2.53. The topological polar surface area (TPSA) is 29.1 Å². The van der Waals surface area contributed by atoms with Crippen molar-refractivity contribution < 1.29 is 4.79 Å². The first-order valence-corrected chi connectivity index (χ1v) is 7.80. The zero-order chi connectivity index (χ0) is 15.1. The molecule has 20 heavy (non-hydrogen) atoms. The van der Waals surface area contributed by atoms with E-state index in [-0.39, 0.29) is 5.91 Å². The summed E-state index contributed by atoms with van der Waals surface area (Å²) in [6, 6.07) is 7.02. The molecule has 3 heteroatoms. The van der Waals surface area contributed by atoms with Gasteiger partial charge < -0.3 is 5.32 Å². The van der Waals surface area contributed by atoms with Crippen LogP contribution in [0.5, 0.6) is 0 Å². The third-order valence-electron chi connectivity index (χ3n) is 3.27. The van der Waals surface area contributed by atoms with Gasteiger partial charge in [-0.25, -0.2) is 0 Å². The number of hydrogen-bond acceptors (Lipinski definition) is 1. The largest absolute Gasteiger partial charge is 0.352 e. The molecule has 0 radical (unpaired) electrons. The molecular weight excluding hydrogens is 270 g/mol. The summed E-state index contributed by atoms with van der Waals surface area (Å²) in [6.07, 6.45) is 2.30. The summed E-state index contributed by atoms with van der Waals surface area (Å²) in [5.41, 5.74) is 0.669. The Labute approximate surface area is 127 Å². The zero-order valence-electron chi connectivity index (χ0n) is 12.9. The van der Waals surface area contributed by atoms with E-state index in [1.807, 2.05) is 0 Å². The van der Waals surface area contributed by atoms with Gasteiger partial charge in [-0.3, -0.25) is 4.79 Å². The maximum Gasteiger partial charge on any atom is 0.251 e. The van der Waals surface area contributed by atoms with E-state index in [1.54, 1.807) is 24.3 Å². The Hall–Kier alpha value is -1.02. The molecule has 0 aliphatic carbocycles. The van der Waals surface area contributed by atoms with E-state index in [0.717, 1.165) is 19.4 Å². The second-order valence-electron chi connectivity index (χ2n) is 6.34. The molecule has 1 rings (SSSR count). The predicted molar refractivity (Wildman–Crippen MR) is 86.2 cm³/mol. The van der Waals surface area contributed by atoms with Gasteiger partial charge in [-0.15, -0.1) is 0 Å². The maximum absolute atomic E-state index is 12.1. The Morgan fingerprint density at radius 3 is 2.00 bits per heavy atom. The van der Waals surface area contributed by atoms with Crippen LogP contribution >= 0.6 is 11.6 Å². The molecule has 0 aliphatic rings. The fraction of sp³-hybridized carbons (Fsp3) is 0.588. The molecule has 0 saturated carbocycles. The summed E-state index contributed by atoms with van der Waals surface area (Å²) < 4.78 is 0. The Morgan fingerprint density at radius 1 is 1.05 bits per heavy atom. The van der Waals surface area contributed by atoms with Crippen LogP contribution in [0.15, 0.2) is 24.3 Å². The van der Waals surface area contributed by atoms with Crippen molar-refractivity contribution in [3.8, 4) is 0 Å². The second kappa shape index (κ2) is 8.31. The van der Waals surface area contributed by atoms with Crippen molar-refractivity contribution in [3.63, 3.8) is 0 Å². The normalized spacial score (nSPS) is 11.4. The molecule has 0 aliphatic heterocycles. The van der Waals surface area contributed by atoms with Crippen molar-refractivity contribution in [3.05, 3.63) is 34.9 Å². The average molecular weight is 296 g/mol. The quantitative estimate of drug-likeness (QED) is 0.771. The fourth-order valence-electron chi connectivity index (χ4n) is 2.54. The van der Waals surface area contributed by atoms with Crippen LogP contribution in [-0.4, -0.2) is 12.5 Å². The molecule has 1 aromatic carbocycles. The number of halogens is 1. The molecule has 112 valence electrons. The van der Waals surface area contributed by atoms with E-state index in [9.17, 15) is 4.79 Å². The van der Waals surface area contributed by atoms with Crippen molar-refractivity contribution >= 4 is 17.5 Å². The number of benzene rings is 1. The lowest BCUT2D eigenvalue weighted by Crippen LogP contribution is -2.30. The molecule has 0 saturated heterocycles. The highest BCUT2D eigenvalue weighted by molar-refractivity contribution is 6.30. The summed E-state index contributed by atoms with van der Waals surface area (Å²) in [6.45, 7) is 9.67. The van der Waals surface area contributed by atoms with E-state index in [1.165, 1.54) is 0 Å². The van der Waals surface area contributed by atoms with Gasteiger partial charge in [-0.2, -0.15) is 0 Å². The number of hydrogen-bond donors (Lipinski definition) is 1. The third-order valence-corrected chi connectivity index (χ3v) is 3.52. The van der Waals surface area contributed by atoms with Gasteiger partial charge in [0, 0.05) is 17.1 Å². The van der Waals surface area contributed by atoms with Gasteiger partial charge >= 0.3 is 0 Å². The molecule has 0 heterocycles. The molecule has 1 amide bonds. The van der Waals surface area contributed by atoms with Gasteiger partial charge in [0.05, 0.1) is 0 Å². The molecule has 2 nitrogen and oxygen atoms in total. The Bertz CT molecular complexity index is 402. The number of nitrogens with one attached hydrogen (secondary N) is 1. The number of rotatable bonds is 7. The molecule has 0 aromatic heterocycles. The van der Waals surface area contributed by atoms with Gasteiger partial charge in [0.1, 0.15) is 0 Å². The number of amides is 1.